The van der Waals surface area contributed by atoms with Crippen molar-refractivity contribution in [2.45, 2.75) is 53.1 Å². The summed E-state index contributed by atoms with van der Waals surface area (Å²) in [6, 6.07) is 13.8. The van der Waals surface area contributed by atoms with Gasteiger partial charge in [-0.15, -0.1) is 10.2 Å². The summed E-state index contributed by atoms with van der Waals surface area (Å²) in [6.45, 7) is 10.8. The Morgan fingerprint density at radius 2 is 1.62 bits per heavy atom. The number of carbonyl (C=O) groups excluding carboxylic acids is 1. The van der Waals surface area contributed by atoms with Crippen LogP contribution in [0.1, 0.15) is 56.6 Å². The molecule has 1 amide bonds. The molecule has 5 heteroatoms. The summed E-state index contributed by atoms with van der Waals surface area (Å²) in [4.78, 5) is 17.0. The number of nitrogens with zero attached hydrogens (tertiary/aromatic N) is 4. The van der Waals surface area contributed by atoms with Crippen molar-refractivity contribution < 1.29 is 4.79 Å². The number of amides is 1. The number of aromatic nitrogens is 2. The molecule has 2 aromatic rings. The first-order chi connectivity index (χ1) is 12.6. The van der Waals surface area contributed by atoms with Crippen LogP contribution in [0.5, 0.6) is 0 Å². The van der Waals surface area contributed by atoms with E-state index in [1.165, 1.54) is 0 Å². The Morgan fingerprint density at radius 1 is 0.962 bits per heavy atom. The minimum Gasteiger partial charge on any atom is -0.355 e. The fourth-order valence-electron chi connectivity index (χ4n) is 2.90. The number of benzene rings is 1. The van der Waals surface area contributed by atoms with Gasteiger partial charge in [0.15, 0.2) is 11.5 Å². The van der Waals surface area contributed by atoms with Crippen molar-refractivity contribution in [3.05, 3.63) is 53.7 Å². The van der Waals surface area contributed by atoms with Crippen LogP contribution in [0, 0.1) is 0 Å². The molecule has 0 aliphatic carbocycles. The monoisotopic (exact) mass is 354 g/mol. The molecule has 0 bridgehead atoms. The Kier molecular flexibility index (Phi) is 7.57. The summed E-state index contributed by atoms with van der Waals surface area (Å²) in [5.74, 6) is 0.754. The number of anilines is 1. The van der Waals surface area contributed by atoms with Crippen LogP contribution >= 0.6 is 0 Å². The molecule has 140 valence electrons. The molecule has 0 spiro atoms. The summed E-state index contributed by atoms with van der Waals surface area (Å²) in [6.07, 6.45) is 2.11. The SMILES string of the molecule is CCCN(CCC)c1ccc(C(=O)N(Cc2ccccc2)C(C)C)nn1. The minimum atomic E-state index is -0.0829. The molecule has 0 radical (unpaired) electrons. The Labute approximate surface area is 157 Å². The topological polar surface area (TPSA) is 49.3 Å². The molecular formula is C21H30N4O. The van der Waals surface area contributed by atoms with E-state index in [1.807, 2.05) is 55.1 Å². The smallest absolute Gasteiger partial charge is 0.274 e. The van der Waals surface area contributed by atoms with E-state index in [0.29, 0.717) is 12.2 Å². The summed E-state index contributed by atoms with van der Waals surface area (Å²) in [5, 5.41) is 8.54. The van der Waals surface area contributed by atoms with E-state index in [0.717, 1.165) is 37.3 Å². The van der Waals surface area contributed by atoms with Crippen LogP contribution in [-0.2, 0) is 6.54 Å². The summed E-state index contributed by atoms with van der Waals surface area (Å²) in [5.41, 5.74) is 1.50. The van der Waals surface area contributed by atoms with Crippen molar-refractivity contribution in [1.82, 2.24) is 15.1 Å². The molecule has 5 nitrogen and oxygen atoms in total. The lowest BCUT2D eigenvalue weighted by Gasteiger charge is -2.27. The quantitative estimate of drug-likeness (QED) is 0.679. The van der Waals surface area contributed by atoms with Crippen LogP contribution in [0.3, 0.4) is 0 Å². The van der Waals surface area contributed by atoms with Gasteiger partial charge < -0.3 is 9.80 Å². The zero-order chi connectivity index (χ0) is 18.9. The van der Waals surface area contributed by atoms with Gasteiger partial charge in [-0.3, -0.25) is 4.79 Å². The second-order valence-electron chi connectivity index (χ2n) is 6.78. The van der Waals surface area contributed by atoms with Crippen molar-refractivity contribution in [3.63, 3.8) is 0 Å². The first-order valence-electron chi connectivity index (χ1n) is 9.50. The molecule has 0 unspecified atom stereocenters. The molecule has 0 saturated heterocycles. The third-order valence-corrected chi connectivity index (χ3v) is 4.26. The Morgan fingerprint density at radius 3 is 2.12 bits per heavy atom. The zero-order valence-corrected chi connectivity index (χ0v) is 16.4. The molecule has 0 N–H and O–H groups in total. The standard InChI is InChI=1S/C21H30N4O/c1-5-14-24(15-6-2)20-13-12-19(22-23-20)21(26)25(17(3)4)16-18-10-8-7-9-11-18/h7-13,17H,5-6,14-16H2,1-4H3. The van der Waals surface area contributed by atoms with E-state index in [1.54, 1.807) is 6.07 Å². The van der Waals surface area contributed by atoms with E-state index >= 15 is 0 Å². The lowest BCUT2D eigenvalue weighted by atomic mass is 10.1. The maximum Gasteiger partial charge on any atom is 0.274 e. The number of rotatable bonds is 9. The summed E-state index contributed by atoms with van der Waals surface area (Å²) < 4.78 is 0. The third kappa shape index (κ3) is 5.28. The van der Waals surface area contributed by atoms with Crippen molar-refractivity contribution in [2.75, 3.05) is 18.0 Å². The van der Waals surface area contributed by atoms with Gasteiger partial charge in [-0.2, -0.15) is 0 Å². The molecule has 26 heavy (non-hydrogen) atoms. The molecule has 0 fully saturated rings. The molecule has 0 aliphatic heterocycles. The van der Waals surface area contributed by atoms with E-state index in [4.69, 9.17) is 0 Å². The van der Waals surface area contributed by atoms with Gasteiger partial charge in [0.2, 0.25) is 0 Å². The van der Waals surface area contributed by atoms with E-state index < -0.39 is 0 Å². The lowest BCUT2D eigenvalue weighted by Crippen LogP contribution is -2.37. The van der Waals surface area contributed by atoms with Crippen LogP contribution < -0.4 is 4.90 Å². The van der Waals surface area contributed by atoms with E-state index in [9.17, 15) is 4.79 Å². The van der Waals surface area contributed by atoms with Crippen molar-refractivity contribution in [3.8, 4) is 0 Å². The minimum absolute atomic E-state index is 0.0829. The molecule has 1 heterocycles. The molecule has 2 rings (SSSR count). The Balaban J connectivity index is 2.15. The average Bonchev–Trinajstić information content (AvgIpc) is 2.66. The third-order valence-electron chi connectivity index (χ3n) is 4.26. The Bertz CT molecular complexity index is 664. The normalized spacial score (nSPS) is 10.8. The van der Waals surface area contributed by atoms with E-state index in [2.05, 4.69) is 28.9 Å². The second kappa shape index (κ2) is 9.90. The van der Waals surface area contributed by atoms with Crippen LogP contribution in [0.4, 0.5) is 5.82 Å². The first kappa shape index (κ1) is 19.9. The molecule has 0 aliphatic rings. The number of carbonyl (C=O) groups is 1. The highest BCUT2D eigenvalue weighted by atomic mass is 16.2. The predicted molar refractivity (Wildman–Crippen MR) is 106 cm³/mol. The van der Waals surface area contributed by atoms with Crippen LogP contribution in [0.2, 0.25) is 0 Å². The zero-order valence-electron chi connectivity index (χ0n) is 16.4. The van der Waals surface area contributed by atoms with Crippen molar-refractivity contribution >= 4 is 11.7 Å². The van der Waals surface area contributed by atoms with Crippen LogP contribution in [0.15, 0.2) is 42.5 Å². The predicted octanol–water partition coefficient (Wildman–Crippen LogP) is 4.15. The van der Waals surface area contributed by atoms with Gasteiger partial charge in [-0.1, -0.05) is 44.2 Å². The van der Waals surface area contributed by atoms with Crippen molar-refractivity contribution in [2.24, 2.45) is 0 Å². The highest BCUT2D eigenvalue weighted by molar-refractivity contribution is 5.92. The highest BCUT2D eigenvalue weighted by Gasteiger charge is 2.21. The fraction of sp³-hybridized carbons (Fsp3) is 0.476. The highest BCUT2D eigenvalue weighted by Crippen LogP contribution is 2.15. The maximum atomic E-state index is 12.9. The fourth-order valence-corrected chi connectivity index (χ4v) is 2.90. The van der Waals surface area contributed by atoms with Gasteiger partial charge in [0.1, 0.15) is 0 Å². The molecule has 1 aromatic heterocycles. The van der Waals surface area contributed by atoms with Gasteiger partial charge in [-0.25, -0.2) is 0 Å². The summed E-state index contributed by atoms with van der Waals surface area (Å²) in [7, 11) is 0. The first-order valence-corrected chi connectivity index (χ1v) is 9.50. The molecular weight excluding hydrogens is 324 g/mol. The molecule has 0 saturated carbocycles. The number of hydrogen-bond acceptors (Lipinski definition) is 4. The van der Waals surface area contributed by atoms with Gasteiger partial charge in [0, 0.05) is 25.7 Å². The van der Waals surface area contributed by atoms with Gasteiger partial charge in [0.05, 0.1) is 0 Å². The van der Waals surface area contributed by atoms with Gasteiger partial charge in [-0.05, 0) is 44.4 Å². The average molecular weight is 354 g/mol. The van der Waals surface area contributed by atoms with Crippen LogP contribution in [-0.4, -0.2) is 40.1 Å². The lowest BCUT2D eigenvalue weighted by molar-refractivity contribution is 0.0683. The summed E-state index contributed by atoms with van der Waals surface area (Å²) >= 11 is 0. The second-order valence-corrected chi connectivity index (χ2v) is 6.78. The van der Waals surface area contributed by atoms with Gasteiger partial charge >= 0.3 is 0 Å². The van der Waals surface area contributed by atoms with E-state index in [-0.39, 0.29) is 11.9 Å². The largest absolute Gasteiger partial charge is 0.355 e. The molecule has 0 atom stereocenters. The van der Waals surface area contributed by atoms with Crippen molar-refractivity contribution in [1.29, 1.82) is 0 Å². The van der Waals surface area contributed by atoms with Crippen LogP contribution in [0.25, 0.3) is 0 Å². The number of hydrogen-bond donors (Lipinski definition) is 0. The van der Waals surface area contributed by atoms with Gasteiger partial charge in [0.25, 0.3) is 5.91 Å². The maximum absolute atomic E-state index is 12.9. The Hall–Kier alpha value is -2.43. The molecule has 1 aromatic carbocycles.